The number of pyridine rings is 1. The van der Waals surface area contributed by atoms with Gasteiger partial charge in [-0.05, 0) is 24.6 Å². The maximum atomic E-state index is 12.8. The van der Waals surface area contributed by atoms with Crippen LogP contribution < -0.4 is 0 Å². The number of rotatable bonds is 2. The van der Waals surface area contributed by atoms with Gasteiger partial charge in [0.1, 0.15) is 11.3 Å². The summed E-state index contributed by atoms with van der Waals surface area (Å²) >= 11 is 6.05. The first-order valence-electron chi connectivity index (χ1n) is 7.25. The molecule has 3 rings (SSSR count). The highest BCUT2D eigenvalue weighted by atomic mass is 35.5. The molecular weight excluding hydrogens is 300 g/mol. The quantitative estimate of drug-likeness (QED) is 0.798. The van der Waals surface area contributed by atoms with Crippen molar-refractivity contribution in [2.45, 2.75) is 19.1 Å². The minimum Gasteiger partial charge on any atom is -0.370 e. The Balaban J connectivity index is 1.83. The van der Waals surface area contributed by atoms with Crippen LogP contribution in [0.25, 0.3) is 0 Å². The van der Waals surface area contributed by atoms with Crippen LogP contribution in [-0.4, -0.2) is 35.0 Å². The molecule has 114 valence electrons. The fraction of sp³-hybridized carbons (Fsp3) is 0.294. The van der Waals surface area contributed by atoms with Gasteiger partial charge in [-0.1, -0.05) is 41.9 Å². The molecule has 5 heteroatoms. The summed E-state index contributed by atoms with van der Waals surface area (Å²) in [5.74, 6) is -0.102. The summed E-state index contributed by atoms with van der Waals surface area (Å²) in [6, 6.07) is 13.4. The average molecular weight is 317 g/mol. The summed E-state index contributed by atoms with van der Waals surface area (Å²) in [5, 5.41) is 0.238. The van der Waals surface area contributed by atoms with Crippen LogP contribution in [0.3, 0.4) is 0 Å². The van der Waals surface area contributed by atoms with Crippen LogP contribution in [0, 0.1) is 0 Å². The molecule has 1 amide bonds. The predicted molar refractivity (Wildman–Crippen MR) is 84.9 cm³/mol. The van der Waals surface area contributed by atoms with Crippen LogP contribution in [-0.2, 0) is 4.74 Å². The Morgan fingerprint density at radius 1 is 1.27 bits per heavy atom. The Hall–Kier alpha value is -1.91. The van der Waals surface area contributed by atoms with Gasteiger partial charge in [0.25, 0.3) is 5.91 Å². The number of benzene rings is 1. The molecule has 0 spiro atoms. The smallest absolute Gasteiger partial charge is 0.257 e. The fourth-order valence-electron chi connectivity index (χ4n) is 2.61. The highest BCUT2D eigenvalue weighted by Crippen LogP contribution is 2.27. The molecule has 0 saturated carbocycles. The minimum absolute atomic E-state index is 0.00346. The first-order chi connectivity index (χ1) is 10.7. The maximum Gasteiger partial charge on any atom is 0.257 e. The number of morpholine rings is 1. The Bertz CT molecular complexity index is 663. The standard InChI is InChI=1S/C17H17ClN2O2/c1-12-11-22-15(13-6-3-2-4-7-13)10-20(12)17(21)14-8-5-9-19-16(14)18/h2-9,12,15H,10-11H2,1H3/t12-,15+/m0/s1. The number of carbonyl (C=O) groups excluding carboxylic acids is 1. The molecule has 0 aliphatic carbocycles. The van der Waals surface area contributed by atoms with Crippen molar-refractivity contribution in [3.05, 3.63) is 64.9 Å². The number of carbonyl (C=O) groups is 1. The molecule has 0 N–H and O–H groups in total. The Kier molecular flexibility index (Phi) is 4.41. The lowest BCUT2D eigenvalue weighted by Crippen LogP contribution is -2.48. The van der Waals surface area contributed by atoms with Crippen molar-refractivity contribution in [2.75, 3.05) is 13.2 Å². The number of hydrogen-bond acceptors (Lipinski definition) is 3. The zero-order valence-corrected chi connectivity index (χ0v) is 13.0. The van der Waals surface area contributed by atoms with Gasteiger partial charge in [-0.3, -0.25) is 4.79 Å². The Labute approximate surface area is 134 Å². The van der Waals surface area contributed by atoms with Crippen LogP contribution in [0.4, 0.5) is 0 Å². The lowest BCUT2D eigenvalue weighted by molar-refractivity contribution is -0.0486. The van der Waals surface area contributed by atoms with E-state index in [0.717, 1.165) is 5.56 Å². The number of hydrogen-bond donors (Lipinski definition) is 0. The molecule has 22 heavy (non-hydrogen) atoms. The van der Waals surface area contributed by atoms with Crippen molar-refractivity contribution in [3.8, 4) is 0 Å². The number of halogens is 1. The maximum absolute atomic E-state index is 12.8. The highest BCUT2D eigenvalue weighted by molar-refractivity contribution is 6.32. The number of ether oxygens (including phenoxy) is 1. The summed E-state index contributed by atoms with van der Waals surface area (Å²) < 4.78 is 5.88. The molecule has 0 bridgehead atoms. The van der Waals surface area contributed by atoms with Gasteiger partial charge in [-0.25, -0.2) is 4.98 Å². The topological polar surface area (TPSA) is 42.4 Å². The molecule has 1 aliphatic heterocycles. The highest BCUT2D eigenvalue weighted by Gasteiger charge is 2.31. The molecule has 2 aromatic rings. The van der Waals surface area contributed by atoms with Gasteiger partial charge in [-0.2, -0.15) is 0 Å². The summed E-state index contributed by atoms with van der Waals surface area (Å²) in [6.45, 7) is 2.99. The predicted octanol–water partition coefficient (Wildman–Crippen LogP) is 3.34. The van der Waals surface area contributed by atoms with E-state index in [1.165, 1.54) is 0 Å². The zero-order valence-electron chi connectivity index (χ0n) is 12.3. The van der Waals surface area contributed by atoms with E-state index in [4.69, 9.17) is 16.3 Å². The van der Waals surface area contributed by atoms with Crippen molar-refractivity contribution < 1.29 is 9.53 Å². The van der Waals surface area contributed by atoms with Gasteiger partial charge in [0.05, 0.1) is 24.8 Å². The molecule has 1 aromatic carbocycles. The van der Waals surface area contributed by atoms with Crippen molar-refractivity contribution in [1.29, 1.82) is 0 Å². The van der Waals surface area contributed by atoms with Gasteiger partial charge in [0.2, 0.25) is 0 Å². The van der Waals surface area contributed by atoms with Crippen molar-refractivity contribution in [3.63, 3.8) is 0 Å². The first kappa shape index (κ1) is 15.0. The van der Waals surface area contributed by atoms with E-state index in [9.17, 15) is 4.79 Å². The Morgan fingerprint density at radius 3 is 2.77 bits per heavy atom. The molecule has 1 fully saturated rings. The van der Waals surface area contributed by atoms with Crippen molar-refractivity contribution in [1.82, 2.24) is 9.88 Å². The lowest BCUT2D eigenvalue weighted by atomic mass is 10.1. The third kappa shape index (κ3) is 2.98. The molecule has 0 radical (unpaired) electrons. The lowest BCUT2D eigenvalue weighted by Gasteiger charge is -2.38. The number of nitrogens with zero attached hydrogens (tertiary/aromatic N) is 2. The molecule has 0 unspecified atom stereocenters. The second-order valence-corrected chi connectivity index (χ2v) is 5.74. The average Bonchev–Trinajstić information content (AvgIpc) is 2.56. The van der Waals surface area contributed by atoms with Gasteiger partial charge < -0.3 is 9.64 Å². The summed E-state index contributed by atoms with van der Waals surface area (Å²) in [6.07, 6.45) is 1.46. The van der Waals surface area contributed by atoms with E-state index in [-0.39, 0.29) is 23.2 Å². The third-order valence-electron chi connectivity index (χ3n) is 3.85. The SMILES string of the molecule is C[C@H]1CO[C@@H](c2ccccc2)CN1C(=O)c1cccnc1Cl. The van der Waals surface area contributed by atoms with Crippen LogP contribution >= 0.6 is 11.6 Å². The van der Waals surface area contributed by atoms with Crippen molar-refractivity contribution in [2.24, 2.45) is 0 Å². The summed E-state index contributed by atoms with van der Waals surface area (Å²) in [7, 11) is 0. The van der Waals surface area contributed by atoms with Gasteiger partial charge in [0.15, 0.2) is 0 Å². The van der Waals surface area contributed by atoms with Crippen LogP contribution in [0.2, 0.25) is 5.15 Å². The molecule has 4 nitrogen and oxygen atoms in total. The van der Waals surface area contributed by atoms with E-state index in [1.807, 2.05) is 42.2 Å². The zero-order chi connectivity index (χ0) is 15.5. The second-order valence-electron chi connectivity index (χ2n) is 5.38. The van der Waals surface area contributed by atoms with Gasteiger partial charge in [-0.15, -0.1) is 0 Å². The fourth-order valence-corrected chi connectivity index (χ4v) is 2.81. The first-order valence-corrected chi connectivity index (χ1v) is 7.62. The molecule has 1 aromatic heterocycles. The molecular formula is C17H17ClN2O2. The van der Waals surface area contributed by atoms with Gasteiger partial charge in [0, 0.05) is 6.20 Å². The molecule has 1 saturated heterocycles. The normalized spacial score (nSPS) is 21.6. The molecule has 2 atom stereocenters. The van der Waals surface area contributed by atoms with Gasteiger partial charge >= 0.3 is 0 Å². The largest absolute Gasteiger partial charge is 0.370 e. The summed E-state index contributed by atoms with van der Waals surface area (Å²) in [4.78, 5) is 18.5. The second kappa shape index (κ2) is 6.46. The molecule has 2 heterocycles. The van der Waals surface area contributed by atoms with E-state index in [2.05, 4.69) is 4.98 Å². The molecule has 1 aliphatic rings. The minimum atomic E-state index is -0.114. The Morgan fingerprint density at radius 2 is 2.05 bits per heavy atom. The third-order valence-corrected chi connectivity index (χ3v) is 4.16. The number of aromatic nitrogens is 1. The van der Waals surface area contributed by atoms with E-state index in [1.54, 1.807) is 18.3 Å². The number of amides is 1. The van der Waals surface area contributed by atoms with E-state index >= 15 is 0 Å². The van der Waals surface area contributed by atoms with E-state index in [0.29, 0.717) is 18.7 Å². The van der Waals surface area contributed by atoms with Crippen LogP contribution in [0.5, 0.6) is 0 Å². The van der Waals surface area contributed by atoms with Crippen molar-refractivity contribution >= 4 is 17.5 Å². The summed E-state index contributed by atoms with van der Waals surface area (Å²) in [5.41, 5.74) is 1.51. The van der Waals surface area contributed by atoms with Crippen LogP contribution in [0.15, 0.2) is 48.7 Å². The van der Waals surface area contributed by atoms with E-state index < -0.39 is 0 Å². The monoisotopic (exact) mass is 316 g/mol. The van der Waals surface area contributed by atoms with Crippen LogP contribution in [0.1, 0.15) is 28.9 Å².